The van der Waals surface area contributed by atoms with Gasteiger partial charge in [0.05, 0.1) is 18.2 Å². The fourth-order valence-corrected chi connectivity index (χ4v) is 4.61. The Morgan fingerprint density at radius 1 is 1.14 bits per heavy atom. The Hall–Kier alpha value is -4.04. The summed E-state index contributed by atoms with van der Waals surface area (Å²) in [5, 5.41) is 3.91. The minimum atomic E-state index is -0.233. The molecule has 8 heteroatoms. The van der Waals surface area contributed by atoms with Gasteiger partial charge >= 0.3 is 0 Å². The molecule has 0 spiro atoms. The molecule has 5 rings (SSSR count). The van der Waals surface area contributed by atoms with E-state index < -0.39 is 0 Å². The molecule has 0 radical (unpaired) electrons. The van der Waals surface area contributed by atoms with Crippen LogP contribution in [0.25, 0.3) is 16.6 Å². The van der Waals surface area contributed by atoms with Crippen LogP contribution in [0.3, 0.4) is 0 Å². The van der Waals surface area contributed by atoms with Crippen LogP contribution in [-0.4, -0.2) is 59.8 Å². The van der Waals surface area contributed by atoms with Crippen LogP contribution < -0.4 is 11.1 Å². The zero-order valence-electron chi connectivity index (χ0n) is 20.2. The summed E-state index contributed by atoms with van der Waals surface area (Å²) in [5.41, 5.74) is 11.7. The number of hydrogen-bond donors (Lipinski definition) is 2. The summed E-state index contributed by atoms with van der Waals surface area (Å²) >= 11 is 0. The number of benzene rings is 2. The normalized spacial score (nSPS) is 20.5. The van der Waals surface area contributed by atoms with Crippen molar-refractivity contribution in [1.29, 1.82) is 0 Å². The van der Waals surface area contributed by atoms with Gasteiger partial charge in [-0.1, -0.05) is 18.2 Å². The van der Waals surface area contributed by atoms with Crippen molar-refractivity contribution in [2.45, 2.75) is 25.8 Å². The number of carbonyl (C=O) groups is 2. The first-order chi connectivity index (χ1) is 17.5. The minimum Gasteiger partial charge on any atom is -0.398 e. The third kappa shape index (κ3) is 5.13. The number of pyridine rings is 1. The SMILES string of the molecule is CC(=O)N1CCC(=NC2CCOC2)C(=C(N)c2cccc(C(=O)Nc3ccc4ncccc4c3)c2)C1. The van der Waals surface area contributed by atoms with Gasteiger partial charge in [-0.3, -0.25) is 19.6 Å². The van der Waals surface area contributed by atoms with Crippen LogP contribution in [0.15, 0.2) is 71.4 Å². The Balaban J connectivity index is 1.43. The van der Waals surface area contributed by atoms with Gasteiger partial charge < -0.3 is 20.7 Å². The second-order valence-corrected chi connectivity index (χ2v) is 9.12. The molecular weight excluding hydrogens is 454 g/mol. The molecule has 184 valence electrons. The molecule has 8 nitrogen and oxygen atoms in total. The maximum Gasteiger partial charge on any atom is 0.255 e. The predicted octanol–water partition coefficient (Wildman–Crippen LogP) is 3.64. The molecule has 1 unspecified atom stereocenters. The molecule has 3 heterocycles. The lowest BCUT2D eigenvalue weighted by Crippen LogP contribution is -2.40. The van der Waals surface area contributed by atoms with E-state index in [1.165, 1.54) is 0 Å². The number of nitrogens with two attached hydrogens (primary N) is 1. The topological polar surface area (TPSA) is 110 Å². The van der Waals surface area contributed by atoms with E-state index in [9.17, 15) is 9.59 Å². The number of carbonyl (C=O) groups excluding carboxylic acids is 2. The highest BCUT2D eigenvalue weighted by atomic mass is 16.5. The third-order valence-corrected chi connectivity index (χ3v) is 6.63. The molecule has 2 aliphatic heterocycles. The third-order valence-electron chi connectivity index (χ3n) is 6.63. The quantitative estimate of drug-likeness (QED) is 0.589. The van der Waals surface area contributed by atoms with Gasteiger partial charge in [-0.2, -0.15) is 0 Å². The number of nitrogens with one attached hydrogen (secondary N) is 1. The van der Waals surface area contributed by atoms with Crippen LogP contribution >= 0.6 is 0 Å². The van der Waals surface area contributed by atoms with Crippen molar-refractivity contribution in [3.8, 4) is 0 Å². The average molecular weight is 484 g/mol. The smallest absolute Gasteiger partial charge is 0.255 e. The van der Waals surface area contributed by atoms with Crippen LogP contribution in [0.1, 0.15) is 35.7 Å². The zero-order chi connectivity index (χ0) is 25.1. The molecule has 2 amide bonds. The second kappa shape index (κ2) is 10.3. The van der Waals surface area contributed by atoms with E-state index in [0.29, 0.717) is 49.7 Å². The van der Waals surface area contributed by atoms with Crippen LogP contribution in [-0.2, 0) is 9.53 Å². The molecule has 2 aromatic carbocycles. The Bertz CT molecular complexity index is 1370. The molecule has 2 saturated heterocycles. The summed E-state index contributed by atoms with van der Waals surface area (Å²) in [6.45, 7) is 3.89. The van der Waals surface area contributed by atoms with Crippen molar-refractivity contribution in [2.24, 2.45) is 10.7 Å². The van der Waals surface area contributed by atoms with Gasteiger partial charge in [-0.15, -0.1) is 0 Å². The number of ether oxygens (including phenoxy) is 1. The van der Waals surface area contributed by atoms with Gasteiger partial charge in [0, 0.05) is 72.9 Å². The van der Waals surface area contributed by atoms with Gasteiger partial charge in [0.2, 0.25) is 5.91 Å². The molecular formula is C28H29N5O3. The minimum absolute atomic E-state index is 0.00210. The lowest BCUT2D eigenvalue weighted by atomic mass is 9.95. The van der Waals surface area contributed by atoms with Crippen LogP contribution in [0.4, 0.5) is 5.69 Å². The standard InChI is InChI=1S/C28H29N5O3/c1-18(34)33-12-9-26(31-23-10-13-36-17-23)24(16-33)27(29)20-4-2-5-21(14-20)28(35)32-22-7-8-25-19(15-22)6-3-11-30-25/h2-8,11,14-15,23H,9-10,12-13,16-17,29H2,1H3,(H,32,35). The molecule has 3 N–H and O–H groups in total. The molecule has 3 aromatic rings. The van der Waals surface area contributed by atoms with E-state index in [2.05, 4.69) is 10.3 Å². The van der Waals surface area contributed by atoms with E-state index in [1.54, 1.807) is 30.2 Å². The van der Waals surface area contributed by atoms with Gasteiger partial charge in [-0.25, -0.2) is 0 Å². The number of amides is 2. The van der Waals surface area contributed by atoms with Crippen molar-refractivity contribution < 1.29 is 14.3 Å². The highest BCUT2D eigenvalue weighted by Gasteiger charge is 2.26. The number of hydrogen-bond acceptors (Lipinski definition) is 6. The van der Waals surface area contributed by atoms with E-state index in [1.807, 2.05) is 42.5 Å². The first-order valence-electron chi connectivity index (χ1n) is 12.1. The molecule has 36 heavy (non-hydrogen) atoms. The van der Waals surface area contributed by atoms with Crippen molar-refractivity contribution in [3.63, 3.8) is 0 Å². The van der Waals surface area contributed by atoms with Gasteiger partial charge in [0.1, 0.15) is 0 Å². The molecule has 0 aliphatic carbocycles. The largest absolute Gasteiger partial charge is 0.398 e. The average Bonchev–Trinajstić information content (AvgIpc) is 3.41. The fourth-order valence-electron chi connectivity index (χ4n) is 4.61. The number of anilines is 1. The van der Waals surface area contributed by atoms with Crippen molar-refractivity contribution in [1.82, 2.24) is 9.88 Å². The number of piperidine rings is 1. The zero-order valence-corrected chi connectivity index (χ0v) is 20.2. The molecule has 0 bridgehead atoms. The summed E-state index contributed by atoms with van der Waals surface area (Å²) in [6.07, 6.45) is 3.27. The summed E-state index contributed by atoms with van der Waals surface area (Å²) in [5.74, 6) is -0.230. The number of nitrogens with zero attached hydrogens (tertiary/aromatic N) is 3. The van der Waals surface area contributed by atoms with E-state index in [4.69, 9.17) is 15.5 Å². The Morgan fingerprint density at radius 2 is 2.00 bits per heavy atom. The van der Waals surface area contributed by atoms with E-state index >= 15 is 0 Å². The van der Waals surface area contributed by atoms with Crippen molar-refractivity contribution in [2.75, 3.05) is 31.6 Å². The predicted molar refractivity (Wildman–Crippen MR) is 141 cm³/mol. The summed E-state index contributed by atoms with van der Waals surface area (Å²) < 4.78 is 5.49. The molecule has 1 aromatic heterocycles. The van der Waals surface area contributed by atoms with Crippen LogP contribution in [0.2, 0.25) is 0 Å². The van der Waals surface area contributed by atoms with E-state index in [-0.39, 0.29) is 17.9 Å². The summed E-state index contributed by atoms with van der Waals surface area (Å²) in [7, 11) is 0. The summed E-state index contributed by atoms with van der Waals surface area (Å²) in [6, 6.07) is 16.8. The first kappa shape index (κ1) is 23.7. The van der Waals surface area contributed by atoms with Gasteiger partial charge in [-0.05, 0) is 48.4 Å². The number of aromatic nitrogens is 1. The number of aliphatic imine (C=N–C) groups is 1. The first-order valence-corrected chi connectivity index (χ1v) is 12.1. The molecule has 2 aliphatic rings. The second-order valence-electron chi connectivity index (χ2n) is 9.12. The van der Waals surface area contributed by atoms with Gasteiger partial charge in [0.25, 0.3) is 5.91 Å². The number of likely N-dealkylation sites (tertiary alicyclic amines) is 1. The van der Waals surface area contributed by atoms with Crippen LogP contribution in [0.5, 0.6) is 0 Å². The Morgan fingerprint density at radius 3 is 2.81 bits per heavy atom. The van der Waals surface area contributed by atoms with Crippen molar-refractivity contribution >= 4 is 39.8 Å². The number of rotatable bonds is 4. The molecule has 0 saturated carbocycles. The van der Waals surface area contributed by atoms with Gasteiger partial charge in [0.15, 0.2) is 0 Å². The summed E-state index contributed by atoms with van der Waals surface area (Å²) in [4.78, 5) is 36.2. The maximum absolute atomic E-state index is 13.1. The monoisotopic (exact) mass is 483 g/mol. The highest BCUT2D eigenvalue weighted by molar-refractivity contribution is 6.09. The molecule has 1 atom stereocenters. The fraction of sp³-hybridized carbons (Fsp3) is 0.286. The number of fused-ring (bicyclic) bond motifs is 1. The van der Waals surface area contributed by atoms with Crippen molar-refractivity contribution in [3.05, 3.63) is 77.5 Å². The lowest BCUT2D eigenvalue weighted by Gasteiger charge is -2.30. The molecule has 2 fully saturated rings. The Kier molecular flexibility index (Phi) is 6.77. The van der Waals surface area contributed by atoms with Crippen LogP contribution in [0, 0.1) is 0 Å². The highest BCUT2D eigenvalue weighted by Crippen LogP contribution is 2.25. The maximum atomic E-state index is 13.1. The lowest BCUT2D eigenvalue weighted by molar-refractivity contribution is -0.128. The van der Waals surface area contributed by atoms with E-state index in [0.717, 1.165) is 34.2 Å². The Labute approximate surface area is 209 Å².